The van der Waals surface area contributed by atoms with Crippen molar-refractivity contribution in [1.82, 2.24) is 0 Å². The molecule has 0 spiro atoms. The smallest absolute Gasteiger partial charge is 0.0131 e. The number of allylic oxidation sites excluding steroid dienone is 4. The number of fused-ring (bicyclic) bond motifs is 3. The van der Waals surface area contributed by atoms with Gasteiger partial charge in [-0.3, -0.25) is 0 Å². The van der Waals surface area contributed by atoms with Gasteiger partial charge in [-0.15, -0.1) is 0 Å². The minimum absolute atomic E-state index is 0.545. The molecule has 112 valence electrons. The molecule has 1 fully saturated rings. The van der Waals surface area contributed by atoms with E-state index in [9.17, 15) is 0 Å². The summed E-state index contributed by atoms with van der Waals surface area (Å²) in [5, 5.41) is 0. The van der Waals surface area contributed by atoms with Gasteiger partial charge in [-0.05, 0) is 81.0 Å². The first-order valence-corrected chi connectivity index (χ1v) is 8.77. The highest BCUT2D eigenvalue weighted by Crippen LogP contribution is 2.60. The number of hydrogen-bond acceptors (Lipinski definition) is 0. The predicted octanol–water partition coefficient (Wildman–Crippen LogP) is 6.00. The Morgan fingerprint density at radius 1 is 1.15 bits per heavy atom. The van der Waals surface area contributed by atoms with E-state index in [1.54, 1.807) is 11.1 Å². The zero-order chi connectivity index (χ0) is 14.5. The minimum Gasteiger partial charge on any atom is -0.0847 e. The highest BCUT2D eigenvalue weighted by atomic mass is 14.6. The largest absolute Gasteiger partial charge is 0.0847 e. The monoisotopic (exact) mass is 272 g/mol. The van der Waals surface area contributed by atoms with Crippen molar-refractivity contribution in [3.05, 3.63) is 23.3 Å². The average molecular weight is 272 g/mol. The van der Waals surface area contributed by atoms with E-state index in [2.05, 4.69) is 46.8 Å². The van der Waals surface area contributed by atoms with Crippen molar-refractivity contribution in [1.29, 1.82) is 0 Å². The van der Waals surface area contributed by atoms with Crippen LogP contribution in [-0.2, 0) is 0 Å². The fraction of sp³-hybridized carbons (Fsp3) is 0.800. The lowest BCUT2D eigenvalue weighted by Gasteiger charge is -2.43. The molecule has 0 N–H and O–H groups in total. The molecule has 0 nitrogen and oxygen atoms in total. The van der Waals surface area contributed by atoms with Gasteiger partial charge < -0.3 is 0 Å². The first-order chi connectivity index (χ1) is 9.43. The summed E-state index contributed by atoms with van der Waals surface area (Å²) in [7, 11) is 0. The molecule has 0 heteroatoms. The molecule has 5 atom stereocenters. The van der Waals surface area contributed by atoms with Crippen molar-refractivity contribution < 1.29 is 0 Å². The van der Waals surface area contributed by atoms with Gasteiger partial charge in [0.1, 0.15) is 0 Å². The zero-order valence-electron chi connectivity index (χ0n) is 14.1. The Labute approximate surface area is 125 Å². The first-order valence-electron chi connectivity index (χ1n) is 8.77. The van der Waals surface area contributed by atoms with Crippen LogP contribution in [0.3, 0.4) is 0 Å². The normalized spacial score (nSPS) is 44.5. The number of hydrogen-bond donors (Lipinski definition) is 0. The average Bonchev–Trinajstić information content (AvgIpc) is 2.69. The Balaban J connectivity index is 2.01. The SMILES string of the molecule is CC1=C[C@H]2[C@H](CC1)C(C)=CC[C@@]1(C)[C@@H](C(C)C)CC[C@H]21. The molecule has 20 heavy (non-hydrogen) atoms. The van der Waals surface area contributed by atoms with E-state index in [4.69, 9.17) is 0 Å². The minimum atomic E-state index is 0.545. The highest BCUT2D eigenvalue weighted by molar-refractivity contribution is 5.22. The van der Waals surface area contributed by atoms with Crippen LogP contribution in [0, 0.1) is 35.0 Å². The van der Waals surface area contributed by atoms with E-state index in [0.29, 0.717) is 5.41 Å². The Hall–Kier alpha value is -0.520. The second kappa shape index (κ2) is 5.04. The van der Waals surface area contributed by atoms with Crippen molar-refractivity contribution >= 4 is 0 Å². The van der Waals surface area contributed by atoms with Gasteiger partial charge in [0.25, 0.3) is 0 Å². The maximum atomic E-state index is 2.67. The molecule has 1 saturated carbocycles. The van der Waals surface area contributed by atoms with Crippen molar-refractivity contribution in [3.8, 4) is 0 Å². The van der Waals surface area contributed by atoms with Crippen molar-refractivity contribution in [2.24, 2.45) is 35.0 Å². The molecule has 3 aliphatic rings. The molecule has 0 saturated heterocycles. The molecule has 3 aliphatic carbocycles. The summed E-state index contributed by atoms with van der Waals surface area (Å²) in [5.74, 6) is 4.35. The molecule has 0 unspecified atom stereocenters. The second-order valence-corrected chi connectivity index (χ2v) is 8.43. The third-order valence-electron chi connectivity index (χ3n) is 6.99. The van der Waals surface area contributed by atoms with Crippen LogP contribution in [0.1, 0.15) is 66.7 Å². The van der Waals surface area contributed by atoms with Gasteiger partial charge in [-0.2, -0.15) is 0 Å². The van der Waals surface area contributed by atoms with Crippen LogP contribution in [-0.4, -0.2) is 0 Å². The maximum Gasteiger partial charge on any atom is -0.0131 e. The van der Waals surface area contributed by atoms with E-state index in [1.165, 1.54) is 32.1 Å². The van der Waals surface area contributed by atoms with Gasteiger partial charge in [0, 0.05) is 0 Å². The van der Waals surface area contributed by atoms with Crippen LogP contribution in [0.5, 0.6) is 0 Å². The predicted molar refractivity (Wildman–Crippen MR) is 87.5 cm³/mol. The third kappa shape index (κ3) is 2.11. The lowest BCUT2D eigenvalue weighted by atomic mass is 9.62. The lowest BCUT2D eigenvalue weighted by Crippen LogP contribution is -2.36. The molecule has 0 bridgehead atoms. The van der Waals surface area contributed by atoms with Gasteiger partial charge in [0.15, 0.2) is 0 Å². The van der Waals surface area contributed by atoms with Crippen molar-refractivity contribution in [3.63, 3.8) is 0 Å². The third-order valence-corrected chi connectivity index (χ3v) is 6.99. The van der Waals surface area contributed by atoms with Crippen LogP contribution in [0.2, 0.25) is 0 Å². The van der Waals surface area contributed by atoms with Gasteiger partial charge >= 0.3 is 0 Å². The van der Waals surface area contributed by atoms with E-state index < -0.39 is 0 Å². The topological polar surface area (TPSA) is 0 Å². The van der Waals surface area contributed by atoms with E-state index >= 15 is 0 Å². The molecule has 0 amide bonds. The molecule has 0 aromatic heterocycles. The Kier molecular flexibility index (Phi) is 3.63. The molecular formula is C20H32. The summed E-state index contributed by atoms with van der Waals surface area (Å²) >= 11 is 0. The standard InChI is InChI=1S/C20H32/c1-13(2)18-8-9-19-17-12-14(3)6-7-16(17)15(4)10-11-20(18,19)5/h10,12-13,16-19H,6-9,11H2,1-5H3/t16-,17+,18-,19-,20+/m1/s1. The lowest BCUT2D eigenvalue weighted by molar-refractivity contribution is 0.0882. The van der Waals surface area contributed by atoms with Gasteiger partial charge in [-0.1, -0.05) is 44.1 Å². The second-order valence-electron chi connectivity index (χ2n) is 8.43. The first kappa shape index (κ1) is 14.4. The number of rotatable bonds is 1. The van der Waals surface area contributed by atoms with Gasteiger partial charge in [-0.25, -0.2) is 0 Å². The summed E-state index contributed by atoms with van der Waals surface area (Å²) in [6.45, 7) is 12.3. The summed E-state index contributed by atoms with van der Waals surface area (Å²) in [6.07, 6.45) is 12.3. The summed E-state index contributed by atoms with van der Waals surface area (Å²) in [4.78, 5) is 0. The maximum absolute atomic E-state index is 2.67. The summed E-state index contributed by atoms with van der Waals surface area (Å²) in [6, 6.07) is 0. The van der Waals surface area contributed by atoms with Crippen LogP contribution in [0.4, 0.5) is 0 Å². The molecule has 0 heterocycles. The fourth-order valence-corrected chi connectivity index (χ4v) is 5.89. The quantitative estimate of drug-likeness (QED) is 0.514. The molecular weight excluding hydrogens is 240 g/mol. The molecule has 3 rings (SSSR count). The summed E-state index contributed by atoms with van der Waals surface area (Å²) < 4.78 is 0. The van der Waals surface area contributed by atoms with E-state index in [-0.39, 0.29) is 0 Å². The molecule has 0 aliphatic heterocycles. The van der Waals surface area contributed by atoms with Crippen LogP contribution < -0.4 is 0 Å². The van der Waals surface area contributed by atoms with Gasteiger partial charge in [0.05, 0.1) is 0 Å². The Morgan fingerprint density at radius 3 is 2.60 bits per heavy atom. The van der Waals surface area contributed by atoms with Crippen molar-refractivity contribution in [2.75, 3.05) is 0 Å². The van der Waals surface area contributed by atoms with E-state index in [1.807, 2.05) is 0 Å². The molecule has 0 aromatic rings. The molecule has 0 aromatic carbocycles. The van der Waals surface area contributed by atoms with Crippen LogP contribution in [0.25, 0.3) is 0 Å². The van der Waals surface area contributed by atoms with Crippen molar-refractivity contribution in [2.45, 2.75) is 66.7 Å². The fourth-order valence-electron chi connectivity index (χ4n) is 5.89. The zero-order valence-corrected chi connectivity index (χ0v) is 14.1. The van der Waals surface area contributed by atoms with Crippen LogP contribution >= 0.6 is 0 Å². The Bertz CT molecular complexity index is 439. The van der Waals surface area contributed by atoms with Gasteiger partial charge in [0.2, 0.25) is 0 Å². The highest BCUT2D eigenvalue weighted by Gasteiger charge is 2.52. The summed E-state index contributed by atoms with van der Waals surface area (Å²) in [5.41, 5.74) is 3.89. The molecule has 0 radical (unpaired) electrons. The van der Waals surface area contributed by atoms with E-state index in [0.717, 1.165) is 29.6 Å². The van der Waals surface area contributed by atoms with Crippen LogP contribution in [0.15, 0.2) is 23.3 Å². The Morgan fingerprint density at radius 2 is 1.90 bits per heavy atom.